The van der Waals surface area contributed by atoms with Gasteiger partial charge in [-0.15, -0.1) is 11.3 Å². The van der Waals surface area contributed by atoms with Gasteiger partial charge in [-0.2, -0.15) is 0 Å². The molecule has 1 aromatic heterocycles. The van der Waals surface area contributed by atoms with Crippen molar-refractivity contribution in [1.29, 1.82) is 0 Å². The number of thiophene rings is 1. The first-order valence-corrected chi connectivity index (χ1v) is 10.1. The highest BCUT2D eigenvalue weighted by atomic mass is 32.1. The summed E-state index contributed by atoms with van der Waals surface area (Å²) in [5.41, 5.74) is 2.75. The van der Waals surface area contributed by atoms with E-state index >= 15 is 0 Å². The fraction of sp³-hybridized carbons (Fsp3) is 0.381. The van der Waals surface area contributed by atoms with Crippen LogP contribution in [0.15, 0.2) is 59.5 Å². The minimum Gasteiger partial charge on any atom is -0.351 e. The number of quaternary nitrogens is 1. The minimum absolute atomic E-state index is 0.119. The van der Waals surface area contributed by atoms with Crippen LogP contribution in [0.4, 0.5) is 0 Å². The van der Waals surface area contributed by atoms with Gasteiger partial charge in [0.15, 0.2) is 6.54 Å². The maximum Gasteiger partial charge on any atom is 0.275 e. The van der Waals surface area contributed by atoms with Crippen molar-refractivity contribution in [2.75, 3.05) is 13.1 Å². The number of carbonyl (C=O) groups excluding carboxylic acids is 1. The molecule has 3 rings (SSSR count). The van der Waals surface area contributed by atoms with Gasteiger partial charge in [-0.1, -0.05) is 48.0 Å². The van der Waals surface area contributed by atoms with Crippen LogP contribution in [0.2, 0.25) is 0 Å². The average Bonchev–Trinajstić information content (AvgIpc) is 3.18. The van der Waals surface area contributed by atoms with Crippen LogP contribution in [0.3, 0.4) is 0 Å². The molecule has 0 fully saturated rings. The summed E-state index contributed by atoms with van der Waals surface area (Å²) in [7, 11) is 0. The van der Waals surface area contributed by atoms with Gasteiger partial charge in [-0.3, -0.25) is 4.79 Å². The second-order valence-corrected chi connectivity index (χ2v) is 7.53. The normalized spacial score (nSPS) is 15.4. The second kappa shape index (κ2) is 9.54. The average molecular weight is 356 g/mol. The number of nitrogens with two attached hydrogens (primary N) is 1. The van der Waals surface area contributed by atoms with E-state index in [-0.39, 0.29) is 11.9 Å². The number of hydrogen-bond acceptors (Lipinski definition) is 2. The van der Waals surface area contributed by atoms with Gasteiger partial charge in [0.2, 0.25) is 0 Å². The van der Waals surface area contributed by atoms with Crippen molar-refractivity contribution in [3.8, 4) is 0 Å². The quantitative estimate of drug-likeness (QED) is 0.701. The number of amides is 1. The van der Waals surface area contributed by atoms with E-state index in [4.69, 9.17) is 0 Å². The van der Waals surface area contributed by atoms with Gasteiger partial charge in [0.1, 0.15) is 6.04 Å². The van der Waals surface area contributed by atoms with Crippen molar-refractivity contribution >= 4 is 17.2 Å². The van der Waals surface area contributed by atoms with Gasteiger partial charge in [-0.05, 0) is 43.6 Å². The van der Waals surface area contributed by atoms with Crippen molar-refractivity contribution in [2.24, 2.45) is 0 Å². The number of benzene rings is 1. The van der Waals surface area contributed by atoms with Crippen molar-refractivity contribution in [2.45, 2.75) is 38.1 Å². The summed E-state index contributed by atoms with van der Waals surface area (Å²) in [4.78, 5) is 13.5. The number of rotatable bonds is 8. The molecule has 1 aliphatic carbocycles. The molecule has 1 atom stereocenters. The van der Waals surface area contributed by atoms with Gasteiger partial charge in [0.05, 0.1) is 4.88 Å². The van der Waals surface area contributed by atoms with E-state index in [0.717, 1.165) is 13.0 Å². The molecule has 0 radical (unpaired) electrons. The molecular weight excluding hydrogens is 328 g/mol. The molecular formula is C21H27N2OS+. The van der Waals surface area contributed by atoms with E-state index < -0.39 is 0 Å². The number of allylic oxidation sites excluding steroid dienone is 1. The third-order valence-corrected chi connectivity index (χ3v) is 5.66. The molecule has 3 nitrogen and oxygen atoms in total. The van der Waals surface area contributed by atoms with Crippen LogP contribution in [-0.2, 0) is 4.79 Å². The van der Waals surface area contributed by atoms with Crippen LogP contribution in [-0.4, -0.2) is 19.0 Å². The predicted octanol–water partition coefficient (Wildman–Crippen LogP) is 3.41. The third kappa shape index (κ3) is 5.55. The maximum atomic E-state index is 12.2. The first-order chi connectivity index (χ1) is 12.3. The van der Waals surface area contributed by atoms with Crippen LogP contribution in [0, 0.1) is 0 Å². The molecule has 0 bridgehead atoms. The molecule has 1 aliphatic rings. The molecule has 0 unspecified atom stereocenters. The maximum absolute atomic E-state index is 12.2. The zero-order valence-corrected chi connectivity index (χ0v) is 15.4. The van der Waals surface area contributed by atoms with Gasteiger partial charge in [0, 0.05) is 12.1 Å². The van der Waals surface area contributed by atoms with Gasteiger partial charge in [-0.25, -0.2) is 0 Å². The summed E-state index contributed by atoms with van der Waals surface area (Å²) >= 11 is 1.74. The largest absolute Gasteiger partial charge is 0.351 e. The highest BCUT2D eigenvalue weighted by Gasteiger charge is 2.19. The lowest BCUT2D eigenvalue weighted by Gasteiger charge is -2.15. The van der Waals surface area contributed by atoms with Crippen molar-refractivity contribution in [3.05, 3.63) is 69.9 Å². The van der Waals surface area contributed by atoms with Crippen LogP contribution >= 0.6 is 11.3 Å². The van der Waals surface area contributed by atoms with Crippen LogP contribution in [0.5, 0.6) is 0 Å². The predicted molar refractivity (Wildman–Crippen MR) is 104 cm³/mol. The molecule has 132 valence electrons. The van der Waals surface area contributed by atoms with E-state index in [1.807, 2.05) is 6.07 Å². The van der Waals surface area contributed by atoms with E-state index in [1.54, 1.807) is 11.3 Å². The first-order valence-electron chi connectivity index (χ1n) is 9.19. The monoisotopic (exact) mass is 355 g/mol. The zero-order valence-electron chi connectivity index (χ0n) is 14.6. The number of hydrogen-bond donors (Lipinski definition) is 2. The Kier molecular flexibility index (Phi) is 6.83. The fourth-order valence-electron chi connectivity index (χ4n) is 3.34. The molecule has 1 aromatic carbocycles. The lowest BCUT2D eigenvalue weighted by atomic mass is 9.97. The Balaban J connectivity index is 1.49. The molecule has 4 heteroatoms. The highest BCUT2D eigenvalue weighted by Crippen LogP contribution is 2.22. The number of nitrogens with one attached hydrogen (secondary N) is 1. The second-order valence-electron chi connectivity index (χ2n) is 6.55. The molecule has 1 amide bonds. The van der Waals surface area contributed by atoms with E-state index in [2.05, 4.69) is 58.5 Å². The Morgan fingerprint density at radius 1 is 1.16 bits per heavy atom. The van der Waals surface area contributed by atoms with E-state index in [1.165, 1.54) is 41.7 Å². The molecule has 0 aliphatic heterocycles. The first kappa shape index (κ1) is 17.9. The molecule has 2 aromatic rings. The smallest absolute Gasteiger partial charge is 0.275 e. The molecule has 0 saturated carbocycles. The zero-order chi connectivity index (χ0) is 17.3. The molecule has 25 heavy (non-hydrogen) atoms. The fourth-order valence-corrected chi connectivity index (χ4v) is 4.19. The Morgan fingerprint density at radius 2 is 2.04 bits per heavy atom. The summed E-state index contributed by atoms with van der Waals surface area (Å²) < 4.78 is 0. The van der Waals surface area contributed by atoms with E-state index in [9.17, 15) is 4.79 Å². The lowest BCUT2D eigenvalue weighted by Crippen LogP contribution is -2.87. The molecule has 3 N–H and O–H groups in total. The standard InChI is InChI=1S/C21H26N2OS/c24-20(22-14-13-17-8-3-1-4-9-17)16-23-21(19-12-7-15-25-19)18-10-5-2-6-11-18/h2,5-8,10-12,15,21,23H,1,3-4,9,13-14,16H2,(H,22,24)/p+1/t21-/m1/s1. The van der Waals surface area contributed by atoms with Gasteiger partial charge in [0.25, 0.3) is 5.91 Å². The van der Waals surface area contributed by atoms with Crippen LogP contribution in [0.25, 0.3) is 0 Å². The van der Waals surface area contributed by atoms with Gasteiger partial charge < -0.3 is 10.6 Å². The summed E-state index contributed by atoms with van der Waals surface area (Å²) in [5.74, 6) is 0.119. The van der Waals surface area contributed by atoms with Crippen LogP contribution in [0.1, 0.15) is 48.6 Å². The van der Waals surface area contributed by atoms with Crippen molar-refractivity contribution in [3.63, 3.8) is 0 Å². The minimum atomic E-state index is 0.119. The summed E-state index contributed by atoms with van der Waals surface area (Å²) in [5, 5.41) is 7.30. The highest BCUT2D eigenvalue weighted by molar-refractivity contribution is 7.10. The van der Waals surface area contributed by atoms with E-state index in [0.29, 0.717) is 6.54 Å². The Hall–Kier alpha value is -1.91. The number of carbonyl (C=O) groups is 1. The van der Waals surface area contributed by atoms with Crippen molar-refractivity contribution < 1.29 is 10.1 Å². The summed E-state index contributed by atoms with van der Waals surface area (Å²) in [6.07, 6.45) is 8.37. The topological polar surface area (TPSA) is 45.7 Å². The molecule has 0 spiro atoms. The third-order valence-electron chi connectivity index (χ3n) is 4.70. The molecule has 0 saturated heterocycles. The Morgan fingerprint density at radius 3 is 2.76 bits per heavy atom. The summed E-state index contributed by atoms with van der Waals surface area (Å²) in [6.45, 7) is 1.21. The Labute approximate surface area is 154 Å². The SMILES string of the molecule is O=C(C[NH2+][C@H](c1ccccc1)c1cccs1)NCCC1=CCCCC1. The lowest BCUT2D eigenvalue weighted by molar-refractivity contribution is -0.676. The Bertz CT molecular complexity index is 679. The molecule has 1 heterocycles. The van der Waals surface area contributed by atoms with Gasteiger partial charge >= 0.3 is 0 Å². The van der Waals surface area contributed by atoms with Crippen molar-refractivity contribution in [1.82, 2.24) is 5.32 Å². The van der Waals surface area contributed by atoms with Crippen LogP contribution < -0.4 is 10.6 Å². The summed E-state index contributed by atoms with van der Waals surface area (Å²) in [6, 6.07) is 14.8.